The van der Waals surface area contributed by atoms with Gasteiger partial charge in [-0.05, 0) is 30.5 Å². The zero-order chi connectivity index (χ0) is 11.5. The molecular weight excluding hydrogens is 268 g/mol. The summed E-state index contributed by atoms with van der Waals surface area (Å²) in [5, 5.41) is 10.1. The van der Waals surface area contributed by atoms with Crippen LogP contribution in [-0.4, -0.2) is 10.9 Å². The fourth-order valence-corrected chi connectivity index (χ4v) is 2.32. The van der Waals surface area contributed by atoms with Gasteiger partial charge < -0.3 is 5.11 Å². The second-order valence-corrected chi connectivity index (χ2v) is 4.85. The van der Waals surface area contributed by atoms with Crippen LogP contribution in [0.15, 0.2) is 40.4 Å². The zero-order valence-corrected chi connectivity index (χ0v) is 10.4. The molecule has 3 heteroatoms. The molecule has 1 N–H and O–H groups in total. The molecule has 0 saturated heterocycles. The second-order valence-electron chi connectivity index (χ2n) is 3.93. The first-order chi connectivity index (χ1) is 7.68. The Labute approximate surface area is 103 Å². The number of allylic oxidation sites excluding steroid dienone is 1. The third-order valence-corrected chi connectivity index (χ3v) is 3.25. The van der Waals surface area contributed by atoms with E-state index in [1.165, 1.54) is 0 Å². The highest BCUT2D eigenvalue weighted by Crippen LogP contribution is 2.28. The lowest BCUT2D eigenvalue weighted by Gasteiger charge is -2.17. The van der Waals surface area contributed by atoms with Crippen LogP contribution in [-0.2, 0) is 4.79 Å². The lowest BCUT2D eigenvalue weighted by atomic mass is 9.91. The van der Waals surface area contributed by atoms with E-state index in [0.29, 0.717) is 12.0 Å². The molecule has 2 nitrogen and oxygen atoms in total. The Hall–Kier alpha value is -0.930. The fourth-order valence-electron chi connectivity index (χ4n) is 1.90. The van der Waals surface area contributed by atoms with Crippen LogP contribution in [0.3, 0.4) is 0 Å². The van der Waals surface area contributed by atoms with Crippen LogP contribution in [0.2, 0.25) is 0 Å². The molecular formula is C13H13BrO2. The van der Waals surface area contributed by atoms with Gasteiger partial charge >= 0.3 is 0 Å². The van der Waals surface area contributed by atoms with Crippen molar-refractivity contribution in [3.05, 3.63) is 46.0 Å². The number of benzene rings is 1. The Bertz CT molecular complexity index is 437. The summed E-state index contributed by atoms with van der Waals surface area (Å²) in [7, 11) is 0. The van der Waals surface area contributed by atoms with E-state index in [-0.39, 0.29) is 5.78 Å². The van der Waals surface area contributed by atoms with Gasteiger partial charge in [-0.15, -0.1) is 0 Å². The molecule has 0 amide bonds. The van der Waals surface area contributed by atoms with Crippen molar-refractivity contribution in [2.45, 2.75) is 25.4 Å². The van der Waals surface area contributed by atoms with E-state index in [2.05, 4.69) is 15.9 Å². The van der Waals surface area contributed by atoms with Crippen molar-refractivity contribution in [1.29, 1.82) is 0 Å². The van der Waals surface area contributed by atoms with E-state index in [9.17, 15) is 9.90 Å². The van der Waals surface area contributed by atoms with Crippen molar-refractivity contribution in [3.63, 3.8) is 0 Å². The number of hydrogen-bond donors (Lipinski definition) is 1. The molecule has 2 rings (SSSR count). The van der Waals surface area contributed by atoms with Crippen molar-refractivity contribution >= 4 is 21.7 Å². The van der Waals surface area contributed by atoms with Gasteiger partial charge in [0.25, 0.3) is 0 Å². The third-order valence-electron chi connectivity index (χ3n) is 2.75. The SMILES string of the molecule is O=C1CCCC=C1[C@@H](O)c1cccc(Br)c1. The molecule has 1 aromatic rings. The van der Waals surface area contributed by atoms with Crippen molar-refractivity contribution in [2.24, 2.45) is 0 Å². The first-order valence-electron chi connectivity index (χ1n) is 5.35. The number of aliphatic hydroxyl groups excluding tert-OH is 1. The molecule has 0 saturated carbocycles. The molecule has 1 aromatic carbocycles. The molecule has 0 radical (unpaired) electrons. The molecule has 0 bridgehead atoms. The maximum absolute atomic E-state index is 11.7. The molecule has 0 unspecified atom stereocenters. The van der Waals surface area contributed by atoms with Crippen LogP contribution >= 0.6 is 15.9 Å². The monoisotopic (exact) mass is 280 g/mol. The van der Waals surface area contributed by atoms with Gasteiger partial charge in [0.05, 0.1) is 0 Å². The third kappa shape index (κ3) is 2.42. The van der Waals surface area contributed by atoms with E-state index in [1.807, 2.05) is 30.3 Å². The lowest BCUT2D eigenvalue weighted by molar-refractivity contribution is -0.117. The van der Waals surface area contributed by atoms with Gasteiger partial charge in [-0.2, -0.15) is 0 Å². The minimum Gasteiger partial charge on any atom is -0.384 e. The zero-order valence-electron chi connectivity index (χ0n) is 8.82. The lowest BCUT2D eigenvalue weighted by Crippen LogP contribution is -2.14. The summed E-state index contributed by atoms with van der Waals surface area (Å²) in [4.78, 5) is 11.7. The van der Waals surface area contributed by atoms with Crippen LogP contribution < -0.4 is 0 Å². The van der Waals surface area contributed by atoms with E-state index < -0.39 is 6.10 Å². The summed E-state index contributed by atoms with van der Waals surface area (Å²) in [5.74, 6) is 0.0683. The number of aliphatic hydroxyl groups is 1. The number of halogens is 1. The van der Waals surface area contributed by atoms with Crippen molar-refractivity contribution in [1.82, 2.24) is 0 Å². The maximum Gasteiger partial charge on any atom is 0.161 e. The van der Waals surface area contributed by atoms with Crippen LogP contribution in [0.25, 0.3) is 0 Å². The highest BCUT2D eigenvalue weighted by molar-refractivity contribution is 9.10. The van der Waals surface area contributed by atoms with Crippen molar-refractivity contribution in [2.75, 3.05) is 0 Å². The minimum absolute atomic E-state index is 0.0683. The van der Waals surface area contributed by atoms with Gasteiger partial charge in [-0.25, -0.2) is 0 Å². The van der Waals surface area contributed by atoms with Gasteiger partial charge in [-0.1, -0.05) is 34.1 Å². The summed E-state index contributed by atoms with van der Waals surface area (Å²) in [5.41, 5.74) is 1.31. The van der Waals surface area contributed by atoms with Crippen LogP contribution in [0.1, 0.15) is 30.9 Å². The topological polar surface area (TPSA) is 37.3 Å². The summed E-state index contributed by atoms with van der Waals surface area (Å²) in [6.07, 6.45) is 3.40. The van der Waals surface area contributed by atoms with Crippen molar-refractivity contribution in [3.8, 4) is 0 Å². The summed E-state index contributed by atoms with van der Waals surface area (Å²) < 4.78 is 0.910. The number of ketones is 1. The Morgan fingerprint density at radius 3 is 2.88 bits per heavy atom. The average molecular weight is 281 g/mol. The van der Waals surface area contributed by atoms with Gasteiger partial charge in [-0.3, -0.25) is 4.79 Å². The Morgan fingerprint density at radius 1 is 1.38 bits per heavy atom. The number of carbonyl (C=O) groups is 1. The molecule has 84 valence electrons. The maximum atomic E-state index is 11.7. The summed E-state index contributed by atoms with van der Waals surface area (Å²) >= 11 is 3.35. The molecule has 1 aliphatic rings. The summed E-state index contributed by atoms with van der Waals surface area (Å²) in [6, 6.07) is 7.43. The molecule has 0 aromatic heterocycles. The van der Waals surface area contributed by atoms with Gasteiger partial charge in [0, 0.05) is 16.5 Å². The van der Waals surface area contributed by atoms with E-state index in [1.54, 1.807) is 0 Å². The Balaban J connectivity index is 2.28. The van der Waals surface area contributed by atoms with Crippen LogP contribution in [0.4, 0.5) is 0 Å². The average Bonchev–Trinajstić information content (AvgIpc) is 2.29. The van der Waals surface area contributed by atoms with Crippen LogP contribution in [0, 0.1) is 0 Å². The molecule has 16 heavy (non-hydrogen) atoms. The standard InChI is InChI=1S/C13H13BrO2/c14-10-5-3-4-9(8-10)13(16)11-6-1-2-7-12(11)15/h3-6,8,13,16H,1-2,7H2/t13-/m0/s1. The number of hydrogen-bond acceptors (Lipinski definition) is 2. The molecule has 0 heterocycles. The van der Waals surface area contributed by atoms with Gasteiger partial charge in [0.15, 0.2) is 5.78 Å². The normalized spacial score (nSPS) is 18.1. The number of Topliss-reactive ketones (excluding diaryl/α,β-unsaturated/α-hetero) is 1. The number of rotatable bonds is 2. The number of carbonyl (C=O) groups excluding carboxylic acids is 1. The summed E-state index contributed by atoms with van der Waals surface area (Å²) in [6.45, 7) is 0. The smallest absolute Gasteiger partial charge is 0.161 e. The van der Waals surface area contributed by atoms with Gasteiger partial charge in [0.2, 0.25) is 0 Å². The highest BCUT2D eigenvalue weighted by Gasteiger charge is 2.22. The first kappa shape index (κ1) is 11.6. The quantitative estimate of drug-likeness (QED) is 0.904. The second kappa shape index (κ2) is 4.93. The Morgan fingerprint density at radius 2 is 2.19 bits per heavy atom. The largest absolute Gasteiger partial charge is 0.384 e. The van der Waals surface area contributed by atoms with Gasteiger partial charge in [0.1, 0.15) is 6.10 Å². The molecule has 0 fully saturated rings. The molecule has 1 aliphatic carbocycles. The predicted molar refractivity (Wildman–Crippen MR) is 66.0 cm³/mol. The highest BCUT2D eigenvalue weighted by atomic mass is 79.9. The molecule has 1 atom stereocenters. The minimum atomic E-state index is -0.787. The van der Waals surface area contributed by atoms with E-state index in [0.717, 1.165) is 22.9 Å². The van der Waals surface area contributed by atoms with E-state index in [4.69, 9.17) is 0 Å². The Kier molecular flexibility index (Phi) is 3.56. The van der Waals surface area contributed by atoms with Crippen LogP contribution in [0.5, 0.6) is 0 Å². The predicted octanol–water partition coefficient (Wildman–Crippen LogP) is 3.16. The molecule has 0 spiro atoms. The van der Waals surface area contributed by atoms with Crippen molar-refractivity contribution < 1.29 is 9.90 Å². The fraction of sp³-hybridized carbons (Fsp3) is 0.308. The first-order valence-corrected chi connectivity index (χ1v) is 6.14. The van der Waals surface area contributed by atoms with E-state index >= 15 is 0 Å². The molecule has 0 aliphatic heterocycles.